The molecule has 9 heteroatoms. The number of fused-ring (bicyclic) bond motifs is 1. The summed E-state index contributed by atoms with van der Waals surface area (Å²) < 4.78 is 22.1. The van der Waals surface area contributed by atoms with Crippen LogP contribution in [0.1, 0.15) is 48.6 Å². The first kappa shape index (κ1) is 25.9. The Bertz CT molecular complexity index is 1270. The summed E-state index contributed by atoms with van der Waals surface area (Å²) in [6, 6.07) is 13.6. The van der Waals surface area contributed by atoms with Crippen molar-refractivity contribution in [2.45, 2.75) is 50.6 Å². The molecule has 1 aliphatic carbocycles. The van der Waals surface area contributed by atoms with Crippen molar-refractivity contribution in [1.82, 2.24) is 5.32 Å². The van der Waals surface area contributed by atoms with E-state index < -0.39 is 6.04 Å². The summed E-state index contributed by atoms with van der Waals surface area (Å²) in [5, 5.41) is 5.18. The molecule has 2 amide bonds. The number of nitrogens with one attached hydrogen (secondary N) is 1. The predicted octanol–water partition coefficient (Wildman–Crippen LogP) is 5.26. The number of ether oxygens (including phenoxy) is 4. The van der Waals surface area contributed by atoms with E-state index in [1.807, 2.05) is 23.6 Å². The highest BCUT2D eigenvalue weighted by molar-refractivity contribution is 7.10. The first-order valence-electron chi connectivity index (χ1n) is 12.8. The van der Waals surface area contributed by atoms with Gasteiger partial charge in [0.1, 0.15) is 6.04 Å². The SMILES string of the molecule is COc1ccc(C(C(=O)NC2CCCCC2)N(C(=O)Cc2cccs2)c2ccc3c(c2)OCO3)cc1OC. The Morgan fingerprint density at radius 2 is 1.79 bits per heavy atom. The highest BCUT2D eigenvalue weighted by Crippen LogP contribution is 2.40. The minimum atomic E-state index is -0.940. The molecular weight excluding hydrogens is 504 g/mol. The molecule has 2 aliphatic rings. The molecule has 0 saturated heterocycles. The summed E-state index contributed by atoms with van der Waals surface area (Å²) in [5.41, 5.74) is 1.17. The quantitative estimate of drug-likeness (QED) is 0.402. The average molecular weight is 537 g/mol. The Hall–Kier alpha value is -3.72. The Kier molecular flexibility index (Phi) is 8.03. The summed E-state index contributed by atoms with van der Waals surface area (Å²) in [6.07, 6.45) is 5.35. The van der Waals surface area contributed by atoms with Crippen LogP contribution >= 0.6 is 11.3 Å². The van der Waals surface area contributed by atoms with E-state index in [2.05, 4.69) is 5.32 Å². The number of thiophene rings is 1. The Balaban J connectivity index is 1.59. The van der Waals surface area contributed by atoms with E-state index in [4.69, 9.17) is 18.9 Å². The fourth-order valence-electron chi connectivity index (χ4n) is 5.09. The van der Waals surface area contributed by atoms with Crippen LogP contribution in [-0.2, 0) is 16.0 Å². The van der Waals surface area contributed by atoms with E-state index in [0.29, 0.717) is 34.2 Å². The lowest BCUT2D eigenvalue weighted by molar-refractivity contribution is -0.127. The van der Waals surface area contributed by atoms with Crippen LogP contribution in [-0.4, -0.2) is 38.9 Å². The number of benzene rings is 2. The topological polar surface area (TPSA) is 86.3 Å². The minimum Gasteiger partial charge on any atom is -0.493 e. The molecule has 3 aromatic rings. The number of rotatable bonds is 9. The molecule has 200 valence electrons. The van der Waals surface area contributed by atoms with Crippen LogP contribution < -0.4 is 29.2 Å². The van der Waals surface area contributed by atoms with Gasteiger partial charge in [0.2, 0.25) is 18.6 Å². The smallest absolute Gasteiger partial charge is 0.248 e. The van der Waals surface area contributed by atoms with Crippen molar-refractivity contribution in [3.63, 3.8) is 0 Å². The Morgan fingerprint density at radius 3 is 2.53 bits per heavy atom. The number of carbonyl (C=O) groups is 2. The zero-order chi connectivity index (χ0) is 26.5. The van der Waals surface area contributed by atoms with Crippen molar-refractivity contribution in [2.75, 3.05) is 25.9 Å². The monoisotopic (exact) mass is 536 g/mol. The molecule has 2 aromatic carbocycles. The Morgan fingerprint density at radius 1 is 1.00 bits per heavy atom. The van der Waals surface area contributed by atoms with Gasteiger partial charge in [-0.1, -0.05) is 31.4 Å². The fraction of sp³-hybridized carbons (Fsp3) is 0.379. The van der Waals surface area contributed by atoms with Gasteiger partial charge in [-0.3, -0.25) is 14.5 Å². The highest BCUT2D eigenvalue weighted by Gasteiger charge is 2.35. The van der Waals surface area contributed by atoms with Crippen LogP contribution in [0.3, 0.4) is 0 Å². The maximum absolute atomic E-state index is 14.1. The molecule has 5 rings (SSSR count). The summed E-state index contributed by atoms with van der Waals surface area (Å²) in [6.45, 7) is 0.114. The predicted molar refractivity (Wildman–Crippen MR) is 145 cm³/mol. The minimum absolute atomic E-state index is 0.0740. The average Bonchev–Trinajstić information content (AvgIpc) is 3.63. The normalized spacial score (nSPS) is 15.5. The van der Waals surface area contributed by atoms with Gasteiger partial charge in [0, 0.05) is 22.7 Å². The van der Waals surface area contributed by atoms with Gasteiger partial charge in [0.15, 0.2) is 23.0 Å². The third-order valence-electron chi connectivity index (χ3n) is 6.99. The van der Waals surface area contributed by atoms with Gasteiger partial charge >= 0.3 is 0 Å². The van der Waals surface area contributed by atoms with E-state index >= 15 is 0 Å². The third kappa shape index (κ3) is 5.57. The molecule has 2 heterocycles. The van der Waals surface area contributed by atoms with Gasteiger partial charge in [-0.2, -0.15) is 0 Å². The first-order valence-corrected chi connectivity index (χ1v) is 13.7. The third-order valence-corrected chi connectivity index (χ3v) is 7.87. The van der Waals surface area contributed by atoms with E-state index in [1.54, 1.807) is 49.5 Å². The molecule has 1 unspecified atom stereocenters. The Labute approximate surface area is 226 Å². The van der Waals surface area contributed by atoms with Crippen molar-refractivity contribution >= 4 is 28.8 Å². The number of carbonyl (C=O) groups excluding carboxylic acids is 2. The van der Waals surface area contributed by atoms with Crippen LogP contribution in [0.2, 0.25) is 0 Å². The molecule has 1 saturated carbocycles. The van der Waals surface area contributed by atoms with Gasteiger partial charge in [0.25, 0.3) is 0 Å². The molecule has 8 nitrogen and oxygen atoms in total. The van der Waals surface area contributed by atoms with Crippen molar-refractivity contribution in [1.29, 1.82) is 0 Å². The standard InChI is InChI=1S/C29H32N2O6S/c1-34-23-12-10-19(15-25(23)35-2)28(29(33)30-20-7-4-3-5-8-20)31(27(32)17-22-9-6-14-38-22)21-11-13-24-26(16-21)37-18-36-24/h6,9-16,20,28H,3-5,7-8,17-18H2,1-2H3,(H,30,33). The molecule has 1 atom stereocenters. The van der Waals surface area contributed by atoms with Crippen LogP contribution in [0.25, 0.3) is 0 Å². The van der Waals surface area contributed by atoms with E-state index in [9.17, 15) is 9.59 Å². The second kappa shape index (κ2) is 11.8. The molecule has 1 aliphatic heterocycles. The molecular formula is C29H32N2O6S. The first-order chi connectivity index (χ1) is 18.6. The van der Waals surface area contributed by atoms with Crippen molar-refractivity contribution in [3.8, 4) is 23.0 Å². The van der Waals surface area contributed by atoms with Crippen LogP contribution in [0.5, 0.6) is 23.0 Å². The largest absolute Gasteiger partial charge is 0.493 e. The van der Waals surface area contributed by atoms with Gasteiger partial charge in [0.05, 0.1) is 20.6 Å². The maximum Gasteiger partial charge on any atom is 0.248 e. The number of hydrogen-bond donors (Lipinski definition) is 1. The van der Waals surface area contributed by atoms with Crippen molar-refractivity contribution < 1.29 is 28.5 Å². The second-order valence-electron chi connectivity index (χ2n) is 9.42. The fourth-order valence-corrected chi connectivity index (χ4v) is 5.78. The molecule has 0 spiro atoms. The molecule has 1 aromatic heterocycles. The number of nitrogens with zero attached hydrogens (tertiary/aromatic N) is 1. The highest BCUT2D eigenvalue weighted by atomic mass is 32.1. The summed E-state index contributed by atoms with van der Waals surface area (Å²) in [5.74, 6) is 1.73. The maximum atomic E-state index is 14.1. The lowest BCUT2D eigenvalue weighted by Crippen LogP contribution is -2.47. The molecule has 0 bridgehead atoms. The molecule has 0 radical (unpaired) electrons. The van der Waals surface area contributed by atoms with E-state index in [0.717, 1.165) is 30.6 Å². The number of hydrogen-bond acceptors (Lipinski definition) is 7. The van der Waals surface area contributed by atoms with Crippen molar-refractivity contribution in [2.24, 2.45) is 0 Å². The lowest BCUT2D eigenvalue weighted by Gasteiger charge is -2.33. The zero-order valence-corrected chi connectivity index (χ0v) is 22.4. The molecule has 38 heavy (non-hydrogen) atoms. The molecule has 1 N–H and O–H groups in total. The summed E-state index contributed by atoms with van der Waals surface area (Å²) >= 11 is 1.51. The molecule has 1 fully saturated rings. The van der Waals surface area contributed by atoms with Crippen LogP contribution in [0, 0.1) is 0 Å². The van der Waals surface area contributed by atoms with Gasteiger partial charge in [-0.05, 0) is 54.1 Å². The summed E-state index contributed by atoms with van der Waals surface area (Å²) in [7, 11) is 3.12. The van der Waals surface area contributed by atoms with E-state index in [1.165, 1.54) is 17.8 Å². The second-order valence-corrected chi connectivity index (χ2v) is 10.5. The lowest BCUT2D eigenvalue weighted by atomic mass is 9.94. The van der Waals surface area contributed by atoms with E-state index in [-0.39, 0.29) is 31.1 Å². The summed E-state index contributed by atoms with van der Waals surface area (Å²) in [4.78, 5) is 30.6. The van der Waals surface area contributed by atoms with Crippen LogP contribution in [0.15, 0.2) is 53.9 Å². The van der Waals surface area contributed by atoms with Gasteiger partial charge in [-0.15, -0.1) is 11.3 Å². The van der Waals surface area contributed by atoms with Gasteiger partial charge in [-0.25, -0.2) is 0 Å². The zero-order valence-electron chi connectivity index (χ0n) is 21.6. The number of anilines is 1. The number of methoxy groups -OCH3 is 2. The van der Waals surface area contributed by atoms with Crippen molar-refractivity contribution in [3.05, 3.63) is 64.4 Å². The number of amides is 2. The van der Waals surface area contributed by atoms with Crippen LogP contribution in [0.4, 0.5) is 5.69 Å². The van der Waals surface area contributed by atoms with Gasteiger partial charge < -0.3 is 24.3 Å².